The average Bonchev–Trinajstić information content (AvgIpc) is 2.91. The van der Waals surface area contributed by atoms with Crippen LogP contribution in [-0.4, -0.2) is 17.9 Å². The van der Waals surface area contributed by atoms with E-state index in [9.17, 15) is 9.59 Å². The van der Waals surface area contributed by atoms with Gasteiger partial charge in [-0.1, -0.05) is 43.4 Å². The van der Waals surface area contributed by atoms with Gasteiger partial charge < -0.3 is 16.0 Å². The first-order valence-corrected chi connectivity index (χ1v) is 10.1. The summed E-state index contributed by atoms with van der Waals surface area (Å²) in [6.45, 7) is 1.45. The van der Waals surface area contributed by atoms with E-state index in [0.717, 1.165) is 31.4 Å². The van der Waals surface area contributed by atoms with Crippen molar-refractivity contribution in [2.24, 2.45) is 0 Å². The molecule has 6 heteroatoms. The van der Waals surface area contributed by atoms with E-state index in [-0.39, 0.29) is 17.9 Å². The zero-order valence-electron chi connectivity index (χ0n) is 16.1. The number of benzene rings is 2. The minimum Gasteiger partial charge on any atom is -0.354 e. The molecule has 0 spiro atoms. The van der Waals surface area contributed by atoms with Crippen molar-refractivity contribution in [1.82, 2.24) is 5.32 Å². The van der Waals surface area contributed by atoms with Gasteiger partial charge in [-0.05, 0) is 49.2 Å². The molecule has 0 aliphatic heterocycles. The van der Waals surface area contributed by atoms with E-state index < -0.39 is 0 Å². The SMILES string of the molecule is CC(=O)Nc1cc(C(=O)NC2CCCCCC2)ccc1Nc1cccc(Cl)c1. The van der Waals surface area contributed by atoms with Gasteiger partial charge in [0.25, 0.3) is 5.91 Å². The number of hydrogen-bond acceptors (Lipinski definition) is 3. The van der Waals surface area contributed by atoms with Gasteiger partial charge in [-0.15, -0.1) is 0 Å². The first kappa shape index (κ1) is 20.2. The number of hydrogen-bond donors (Lipinski definition) is 3. The monoisotopic (exact) mass is 399 g/mol. The van der Waals surface area contributed by atoms with Gasteiger partial charge in [-0.2, -0.15) is 0 Å². The molecular weight excluding hydrogens is 374 g/mol. The lowest BCUT2D eigenvalue weighted by Crippen LogP contribution is -2.34. The molecule has 5 nitrogen and oxygen atoms in total. The quantitative estimate of drug-likeness (QED) is 0.582. The fourth-order valence-corrected chi connectivity index (χ4v) is 3.69. The van der Waals surface area contributed by atoms with Crippen molar-refractivity contribution < 1.29 is 9.59 Å². The summed E-state index contributed by atoms with van der Waals surface area (Å²) in [6, 6.07) is 12.8. The standard InChI is InChI=1S/C22H26ClN3O2/c1-15(27)24-21-13-16(22(28)26-18-8-4-2-3-5-9-18)11-12-20(21)25-19-10-6-7-17(23)14-19/h6-7,10-14,18,25H,2-5,8-9H2,1H3,(H,24,27)(H,26,28). The summed E-state index contributed by atoms with van der Waals surface area (Å²) < 4.78 is 0. The Bertz CT molecular complexity index is 845. The number of rotatable bonds is 5. The molecule has 0 unspecified atom stereocenters. The zero-order chi connectivity index (χ0) is 19.9. The summed E-state index contributed by atoms with van der Waals surface area (Å²) in [5.41, 5.74) is 2.59. The molecule has 2 aromatic rings. The number of halogens is 1. The number of nitrogens with one attached hydrogen (secondary N) is 3. The van der Waals surface area contributed by atoms with Gasteiger partial charge in [0.2, 0.25) is 5.91 Å². The predicted octanol–water partition coefficient (Wildman–Crippen LogP) is 5.49. The first-order chi connectivity index (χ1) is 13.5. The summed E-state index contributed by atoms with van der Waals surface area (Å²) in [6.07, 6.45) is 6.85. The Morgan fingerprint density at radius 2 is 1.71 bits per heavy atom. The molecule has 0 radical (unpaired) electrons. The van der Waals surface area contributed by atoms with Crippen LogP contribution in [-0.2, 0) is 4.79 Å². The Labute approximate surface area is 170 Å². The maximum Gasteiger partial charge on any atom is 0.251 e. The number of carbonyl (C=O) groups is 2. The van der Waals surface area contributed by atoms with Crippen molar-refractivity contribution in [3.8, 4) is 0 Å². The van der Waals surface area contributed by atoms with Crippen LogP contribution in [0.15, 0.2) is 42.5 Å². The Balaban J connectivity index is 1.78. The van der Waals surface area contributed by atoms with Gasteiger partial charge in [-0.3, -0.25) is 9.59 Å². The van der Waals surface area contributed by atoms with Crippen molar-refractivity contribution >= 4 is 40.5 Å². The number of carbonyl (C=O) groups excluding carboxylic acids is 2. The van der Waals surface area contributed by atoms with Crippen molar-refractivity contribution in [2.45, 2.75) is 51.5 Å². The molecule has 0 saturated heterocycles. The van der Waals surface area contributed by atoms with E-state index in [1.807, 2.05) is 12.1 Å². The van der Waals surface area contributed by atoms with Crippen molar-refractivity contribution in [3.63, 3.8) is 0 Å². The third-order valence-corrected chi connectivity index (χ3v) is 5.12. The summed E-state index contributed by atoms with van der Waals surface area (Å²) in [5, 5.41) is 9.81. The van der Waals surface area contributed by atoms with E-state index in [1.54, 1.807) is 30.3 Å². The largest absolute Gasteiger partial charge is 0.354 e. The second-order valence-corrected chi connectivity index (χ2v) is 7.68. The van der Waals surface area contributed by atoms with Gasteiger partial charge in [0, 0.05) is 29.2 Å². The normalized spacial score (nSPS) is 14.8. The minimum absolute atomic E-state index is 0.104. The Morgan fingerprint density at radius 1 is 0.964 bits per heavy atom. The van der Waals surface area contributed by atoms with Crippen molar-refractivity contribution in [2.75, 3.05) is 10.6 Å². The molecule has 2 aromatic carbocycles. The van der Waals surface area contributed by atoms with Crippen LogP contribution >= 0.6 is 11.6 Å². The minimum atomic E-state index is -0.199. The topological polar surface area (TPSA) is 70.2 Å². The highest BCUT2D eigenvalue weighted by Gasteiger charge is 2.17. The molecule has 0 aromatic heterocycles. The molecule has 28 heavy (non-hydrogen) atoms. The molecule has 1 saturated carbocycles. The molecule has 2 amide bonds. The summed E-state index contributed by atoms with van der Waals surface area (Å²) in [5.74, 6) is -0.303. The van der Waals surface area contributed by atoms with E-state index in [4.69, 9.17) is 11.6 Å². The van der Waals surface area contributed by atoms with Crippen LogP contribution in [0.5, 0.6) is 0 Å². The Morgan fingerprint density at radius 3 is 2.39 bits per heavy atom. The molecular formula is C22H26ClN3O2. The molecule has 3 N–H and O–H groups in total. The van der Waals surface area contributed by atoms with Crippen LogP contribution in [0.1, 0.15) is 55.8 Å². The second kappa shape index (κ2) is 9.60. The van der Waals surface area contributed by atoms with Crippen molar-refractivity contribution in [1.29, 1.82) is 0 Å². The summed E-state index contributed by atoms with van der Waals surface area (Å²) in [4.78, 5) is 24.4. The molecule has 0 heterocycles. The fourth-order valence-electron chi connectivity index (χ4n) is 3.50. The molecule has 1 aliphatic rings. The maximum atomic E-state index is 12.7. The van der Waals surface area contributed by atoms with Crippen LogP contribution in [0, 0.1) is 0 Å². The first-order valence-electron chi connectivity index (χ1n) is 9.76. The van der Waals surface area contributed by atoms with Gasteiger partial charge >= 0.3 is 0 Å². The molecule has 3 rings (SSSR count). The smallest absolute Gasteiger partial charge is 0.251 e. The van der Waals surface area contributed by atoms with Crippen molar-refractivity contribution in [3.05, 3.63) is 53.1 Å². The molecule has 148 valence electrons. The highest BCUT2D eigenvalue weighted by molar-refractivity contribution is 6.30. The third kappa shape index (κ3) is 5.73. The third-order valence-electron chi connectivity index (χ3n) is 4.89. The van der Waals surface area contributed by atoms with Crippen LogP contribution in [0.25, 0.3) is 0 Å². The van der Waals surface area contributed by atoms with Crippen LogP contribution in [0.3, 0.4) is 0 Å². The molecule has 1 aliphatic carbocycles. The van der Waals surface area contributed by atoms with Gasteiger partial charge in [0.05, 0.1) is 11.4 Å². The van der Waals surface area contributed by atoms with Crippen LogP contribution in [0.2, 0.25) is 5.02 Å². The molecule has 0 atom stereocenters. The zero-order valence-corrected chi connectivity index (χ0v) is 16.8. The lowest BCUT2D eigenvalue weighted by molar-refractivity contribution is -0.114. The summed E-state index contributed by atoms with van der Waals surface area (Å²) in [7, 11) is 0. The predicted molar refractivity (Wildman–Crippen MR) is 114 cm³/mol. The number of amides is 2. The van der Waals surface area contributed by atoms with Gasteiger partial charge in [0.15, 0.2) is 0 Å². The van der Waals surface area contributed by atoms with E-state index in [2.05, 4.69) is 16.0 Å². The Hall–Kier alpha value is -2.53. The van der Waals surface area contributed by atoms with Gasteiger partial charge in [0.1, 0.15) is 0 Å². The van der Waals surface area contributed by atoms with Gasteiger partial charge in [-0.25, -0.2) is 0 Å². The molecule has 1 fully saturated rings. The summed E-state index contributed by atoms with van der Waals surface area (Å²) >= 11 is 6.04. The lowest BCUT2D eigenvalue weighted by Gasteiger charge is -2.18. The number of anilines is 3. The lowest BCUT2D eigenvalue weighted by atomic mass is 10.1. The van der Waals surface area contributed by atoms with E-state index in [1.165, 1.54) is 19.8 Å². The fraction of sp³-hybridized carbons (Fsp3) is 0.364. The maximum absolute atomic E-state index is 12.7. The van der Waals surface area contributed by atoms with E-state index >= 15 is 0 Å². The second-order valence-electron chi connectivity index (χ2n) is 7.24. The molecule has 0 bridgehead atoms. The highest BCUT2D eigenvalue weighted by Crippen LogP contribution is 2.28. The van der Waals surface area contributed by atoms with Crippen LogP contribution in [0.4, 0.5) is 17.1 Å². The highest BCUT2D eigenvalue weighted by atomic mass is 35.5. The average molecular weight is 400 g/mol. The van der Waals surface area contributed by atoms with Crippen LogP contribution < -0.4 is 16.0 Å². The Kier molecular flexibility index (Phi) is 6.93. The van der Waals surface area contributed by atoms with E-state index in [0.29, 0.717) is 22.0 Å².